The zero-order chi connectivity index (χ0) is 23.6. The average Bonchev–Trinajstić information content (AvgIpc) is 3.11. The van der Waals surface area contributed by atoms with Crippen LogP contribution in [0.1, 0.15) is 53.3 Å². The van der Waals surface area contributed by atoms with Gasteiger partial charge in [-0.15, -0.1) is 0 Å². The van der Waals surface area contributed by atoms with Gasteiger partial charge in [-0.3, -0.25) is 9.59 Å². The highest BCUT2D eigenvalue weighted by Crippen LogP contribution is 2.34. The molecule has 10 heteroatoms. The molecule has 2 heterocycles. The summed E-state index contributed by atoms with van der Waals surface area (Å²) in [5.74, 6) is -1.06. The number of rotatable bonds is 4. The SMILES string of the molecule is CCOC(=O)N1CCN(S(=O)(=O)C2=C(N3CCCCCC3)C(=O)c3ccccc3C2=O)CC1. The van der Waals surface area contributed by atoms with Crippen LogP contribution in [0.3, 0.4) is 0 Å². The summed E-state index contributed by atoms with van der Waals surface area (Å²) in [6, 6.07) is 6.39. The van der Waals surface area contributed by atoms with Crippen molar-refractivity contribution in [3.05, 3.63) is 46.0 Å². The molecule has 3 aliphatic rings. The number of piperazine rings is 1. The van der Waals surface area contributed by atoms with Gasteiger partial charge >= 0.3 is 6.09 Å². The second-order valence-corrected chi connectivity index (χ2v) is 10.2. The van der Waals surface area contributed by atoms with Gasteiger partial charge in [0.2, 0.25) is 21.6 Å². The predicted octanol–water partition coefficient (Wildman–Crippen LogP) is 2.26. The Kier molecular flexibility index (Phi) is 6.85. The monoisotopic (exact) mass is 475 g/mol. The molecule has 2 fully saturated rings. The molecule has 0 unspecified atom stereocenters. The fourth-order valence-electron chi connectivity index (χ4n) is 4.62. The van der Waals surface area contributed by atoms with Crippen LogP contribution in [0.5, 0.6) is 0 Å². The lowest BCUT2D eigenvalue weighted by Gasteiger charge is -2.36. The number of hydrogen-bond donors (Lipinski definition) is 0. The summed E-state index contributed by atoms with van der Waals surface area (Å²) >= 11 is 0. The molecule has 0 N–H and O–H groups in total. The lowest BCUT2D eigenvalue weighted by atomic mass is 9.91. The molecule has 33 heavy (non-hydrogen) atoms. The maximum absolute atomic E-state index is 13.8. The van der Waals surface area contributed by atoms with Gasteiger partial charge in [-0.2, -0.15) is 4.31 Å². The zero-order valence-corrected chi connectivity index (χ0v) is 19.6. The minimum absolute atomic E-state index is 0.00609. The summed E-state index contributed by atoms with van der Waals surface area (Å²) in [7, 11) is -4.26. The molecular weight excluding hydrogens is 446 g/mol. The molecule has 1 amide bonds. The summed E-state index contributed by atoms with van der Waals surface area (Å²) < 4.78 is 33.8. The molecule has 1 aromatic rings. The van der Waals surface area contributed by atoms with Crippen molar-refractivity contribution in [2.75, 3.05) is 45.9 Å². The van der Waals surface area contributed by atoms with E-state index < -0.39 is 32.6 Å². The number of Topliss-reactive ketones (excluding diaryl/α,β-unsaturated/α-hetero) is 2. The highest BCUT2D eigenvalue weighted by Gasteiger charge is 2.44. The first-order valence-corrected chi connectivity index (χ1v) is 12.9. The Hall–Kier alpha value is -2.72. The molecule has 9 nitrogen and oxygen atoms in total. The number of benzene rings is 1. The first kappa shape index (κ1) is 23.4. The van der Waals surface area contributed by atoms with Gasteiger partial charge in [0.15, 0.2) is 4.91 Å². The molecular formula is C23H29N3O6S. The zero-order valence-electron chi connectivity index (χ0n) is 18.8. The number of likely N-dealkylation sites (tertiary alicyclic amines) is 1. The number of carbonyl (C=O) groups is 3. The van der Waals surface area contributed by atoms with Crippen LogP contribution in [0, 0.1) is 0 Å². The largest absolute Gasteiger partial charge is 0.450 e. The standard InChI is InChI=1S/C23H29N3O6S/c1-2-32-23(29)25-13-15-26(16-14-25)33(30,31)22-19(24-11-7-3-4-8-12-24)20(27)17-9-5-6-10-18(17)21(22)28/h5-6,9-10H,2-4,7-8,11-16H2,1H3. The third-order valence-corrected chi connectivity index (χ3v) is 8.28. The molecule has 0 aromatic heterocycles. The molecule has 0 spiro atoms. The number of nitrogens with zero attached hydrogens (tertiary/aromatic N) is 3. The third-order valence-electron chi connectivity index (χ3n) is 6.34. The Labute approximate surface area is 194 Å². The lowest BCUT2D eigenvalue weighted by molar-refractivity contribution is 0.0925. The summed E-state index contributed by atoms with van der Waals surface area (Å²) in [4.78, 5) is 41.8. The van der Waals surface area contributed by atoms with Crippen molar-refractivity contribution in [2.24, 2.45) is 0 Å². The van der Waals surface area contributed by atoms with E-state index in [9.17, 15) is 22.8 Å². The van der Waals surface area contributed by atoms with Crippen LogP contribution in [0.2, 0.25) is 0 Å². The molecule has 1 aliphatic carbocycles. The van der Waals surface area contributed by atoms with Gasteiger partial charge in [-0.1, -0.05) is 37.1 Å². The van der Waals surface area contributed by atoms with Crippen LogP contribution in [-0.2, 0) is 14.8 Å². The van der Waals surface area contributed by atoms with E-state index in [1.807, 2.05) is 0 Å². The molecule has 4 rings (SSSR count). The van der Waals surface area contributed by atoms with Crippen molar-refractivity contribution in [1.82, 2.24) is 14.1 Å². The second-order valence-electron chi connectivity index (χ2n) is 8.37. The number of fused-ring (bicyclic) bond motifs is 1. The van der Waals surface area contributed by atoms with Gasteiger partial charge in [0, 0.05) is 50.4 Å². The number of ketones is 2. The van der Waals surface area contributed by atoms with Crippen LogP contribution in [0.15, 0.2) is 34.9 Å². The van der Waals surface area contributed by atoms with Crippen molar-refractivity contribution in [2.45, 2.75) is 32.6 Å². The van der Waals surface area contributed by atoms with Crippen LogP contribution in [0.25, 0.3) is 0 Å². The number of hydrogen-bond acceptors (Lipinski definition) is 7. The van der Waals surface area contributed by atoms with Crippen molar-refractivity contribution >= 4 is 27.7 Å². The predicted molar refractivity (Wildman–Crippen MR) is 121 cm³/mol. The third kappa shape index (κ3) is 4.41. The molecule has 2 aliphatic heterocycles. The number of carbonyl (C=O) groups excluding carboxylic acids is 3. The Morgan fingerprint density at radius 1 is 0.879 bits per heavy atom. The minimum Gasteiger partial charge on any atom is -0.450 e. The molecule has 1 aromatic carbocycles. The molecule has 0 atom stereocenters. The van der Waals surface area contributed by atoms with E-state index in [4.69, 9.17) is 4.74 Å². The van der Waals surface area contributed by atoms with Crippen LogP contribution < -0.4 is 0 Å². The number of ether oxygens (including phenoxy) is 1. The highest BCUT2D eigenvalue weighted by atomic mass is 32.2. The van der Waals surface area contributed by atoms with E-state index in [0.717, 1.165) is 25.7 Å². The summed E-state index contributed by atoms with van der Waals surface area (Å²) in [6.07, 6.45) is 3.17. The number of allylic oxidation sites excluding steroid dienone is 2. The van der Waals surface area contributed by atoms with Gasteiger partial charge in [-0.05, 0) is 19.8 Å². The molecule has 2 saturated heterocycles. The van der Waals surface area contributed by atoms with Gasteiger partial charge in [-0.25, -0.2) is 13.2 Å². The van der Waals surface area contributed by atoms with Crippen LogP contribution >= 0.6 is 0 Å². The van der Waals surface area contributed by atoms with Gasteiger partial charge in [0.25, 0.3) is 0 Å². The van der Waals surface area contributed by atoms with Crippen LogP contribution in [-0.4, -0.2) is 86.1 Å². The Bertz CT molecular complexity index is 1080. The van der Waals surface area contributed by atoms with Gasteiger partial charge in [0.1, 0.15) is 5.70 Å². The first-order chi connectivity index (χ1) is 15.9. The molecule has 0 saturated carbocycles. The van der Waals surface area contributed by atoms with Crippen molar-refractivity contribution in [3.63, 3.8) is 0 Å². The van der Waals surface area contributed by atoms with E-state index in [0.29, 0.717) is 13.1 Å². The van der Waals surface area contributed by atoms with Crippen molar-refractivity contribution in [1.29, 1.82) is 0 Å². The fraction of sp³-hybridized carbons (Fsp3) is 0.522. The lowest BCUT2D eigenvalue weighted by Crippen LogP contribution is -2.52. The van der Waals surface area contributed by atoms with Crippen molar-refractivity contribution < 1.29 is 27.5 Å². The van der Waals surface area contributed by atoms with Crippen LogP contribution in [0.4, 0.5) is 4.79 Å². The van der Waals surface area contributed by atoms with Gasteiger partial charge < -0.3 is 14.5 Å². The topological polar surface area (TPSA) is 104 Å². The number of sulfonamides is 1. The van der Waals surface area contributed by atoms with E-state index >= 15 is 0 Å². The minimum atomic E-state index is -4.26. The average molecular weight is 476 g/mol. The summed E-state index contributed by atoms with van der Waals surface area (Å²) in [6.45, 7) is 3.38. The Morgan fingerprint density at radius 2 is 1.45 bits per heavy atom. The molecule has 178 valence electrons. The van der Waals surface area contributed by atoms with E-state index in [2.05, 4.69) is 0 Å². The van der Waals surface area contributed by atoms with E-state index in [-0.39, 0.29) is 49.6 Å². The maximum atomic E-state index is 13.8. The van der Waals surface area contributed by atoms with Gasteiger partial charge in [0.05, 0.1) is 6.61 Å². The Balaban J connectivity index is 1.72. The smallest absolute Gasteiger partial charge is 0.409 e. The molecule has 0 bridgehead atoms. The highest BCUT2D eigenvalue weighted by molar-refractivity contribution is 7.94. The van der Waals surface area contributed by atoms with E-state index in [1.54, 1.807) is 30.0 Å². The normalized spacial score (nSPS) is 20.5. The summed E-state index contributed by atoms with van der Waals surface area (Å²) in [5.41, 5.74) is 0.353. The number of amides is 1. The summed E-state index contributed by atoms with van der Waals surface area (Å²) in [5, 5.41) is 0. The maximum Gasteiger partial charge on any atom is 0.409 e. The fourth-order valence-corrected chi connectivity index (χ4v) is 6.33. The second kappa shape index (κ2) is 9.64. The van der Waals surface area contributed by atoms with Crippen molar-refractivity contribution in [3.8, 4) is 0 Å². The molecule has 0 radical (unpaired) electrons. The quantitative estimate of drug-likeness (QED) is 0.658. The van der Waals surface area contributed by atoms with E-state index in [1.165, 1.54) is 15.3 Å². The first-order valence-electron chi connectivity index (χ1n) is 11.5. The Morgan fingerprint density at radius 3 is 2.03 bits per heavy atom.